The minimum Gasteiger partial charge on any atom is -0.394 e. The van der Waals surface area contributed by atoms with E-state index >= 15 is 0 Å². The summed E-state index contributed by atoms with van der Waals surface area (Å²) in [5.74, 6) is -0.716. The molecule has 0 aromatic heterocycles. The smallest absolute Gasteiger partial charge is 0.249 e. The average Bonchev–Trinajstić information content (AvgIpc) is 3.27. The van der Waals surface area contributed by atoms with Crippen molar-refractivity contribution in [1.29, 1.82) is 0 Å². The quantitative estimate of drug-likeness (QED) is 0.0217. The summed E-state index contributed by atoms with van der Waals surface area (Å²) in [5, 5.41) is 75.8. The summed E-state index contributed by atoms with van der Waals surface area (Å²) in [6.45, 7) is 3.41. The number of allylic oxidation sites excluding steroid dienone is 6. The zero-order valence-corrected chi connectivity index (χ0v) is 39.4. The Morgan fingerprint density at radius 1 is 0.548 bits per heavy atom. The number of amides is 1. The van der Waals surface area contributed by atoms with Crippen LogP contribution in [0.5, 0.6) is 0 Å². The Bertz CT molecular complexity index is 1100. The van der Waals surface area contributed by atoms with E-state index in [0.29, 0.717) is 19.3 Å². The van der Waals surface area contributed by atoms with Gasteiger partial charge in [-0.3, -0.25) is 4.79 Å². The number of carbonyl (C=O) groups is 1. The Balaban J connectivity index is 2.43. The largest absolute Gasteiger partial charge is 0.394 e. The first-order chi connectivity index (χ1) is 30.2. The van der Waals surface area contributed by atoms with Crippen LogP contribution in [0.1, 0.15) is 213 Å². The molecule has 0 saturated carbocycles. The molecule has 1 aliphatic rings. The maximum absolute atomic E-state index is 13.1. The third kappa shape index (κ3) is 29.7. The van der Waals surface area contributed by atoms with Crippen LogP contribution in [0.4, 0.5) is 0 Å². The van der Waals surface area contributed by atoms with Gasteiger partial charge in [0.2, 0.25) is 5.91 Å². The van der Waals surface area contributed by atoms with E-state index in [2.05, 4.69) is 55.6 Å². The molecule has 0 bridgehead atoms. The molecule has 1 amide bonds. The predicted octanol–water partition coefficient (Wildman–Crippen LogP) is 9.17. The zero-order chi connectivity index (χ0) is 45.5. The normalized spacial score (nSPS) is 21.6. The third-order valence-corrected chi connectivity index (χ3v) is 12.1. The number of unbranched alkanes of at least 4 members (excludes halogenated alkanes) is 24. The van der Waals surface area contributed by atoms with E-state index in [-0.39, 0.29) is 12.8 Å². The van der Waals surface area contributed by atoms with E-state index in [1.54, 1.807) is 0 Å². The SMILES string of the molecule is CCCCCC/C=C\CCCCCCCCC(O)C(=O)NC(COC1OC(CO)C(O)C(O)C1O)C(O)C(O)CCC/C=C/CC/C=C/CCCCCCCCCCCCCC. The van der Waals surface area contributed by atoms with Gasteiger partial charge in [-0.15, -0.1) is 0 Å². The van der Waals surface area contributed by atoms with Gasteiger partial charge in [0.15, 0.2) is 6.29 Å². The molecule has 11 nitrogen and oxygen atoms in total. The monoisotopic (exact) mass is 882 g/mol. The maximum Gasteiger partial charge on any atom is 0.249 e. The molecule has 0 aromatic carbocycles. The van der Waals surface area contributed by atoms with Gasteiger partial charge < -0.3 is 50.5 Å². The fraction of sp³-hybridized carbons (Fsp3) is 0.863. The molecule has 0 aliphatic carbocycles. The molecular formula is C51H95NO10. The van der Waals surface area contributed by atoms with Gasteiger partial charge >= 0.3 is 0 Å². The Kier molecular flexibility index (Phi) is 38.4. The summed E-state index contributed by atoms with van der Waals surface area (Å²) >= 11 is 0. The molecule has 9 unspecified atom stereocenters. The number of aliphatic hydroxyl groups excluding tert-OH is 7. The van der Waals surface area contributed by atoms with E-state index < -0.39 is 74.2 Å². The lowest BCUT2D eigenvalue weighted by Crippen LogP contribution is -2.60. The summed E-state index contributed by atoms with van der Waals surface area (Å²) < 4.78 is 11.1. The van der Waals surface area contributed by atoms with Gasteiger partial charge in [-0.1, -0.05) is 172 Å². The number of nitrogens with one attached hydrogen (secondary N) is 1. The molecule has 62 heavy (non-hydrogen) atoms. The highest BCUT2D eigenvalue weighted by Gasteiger charge is 2.44. The molecule has 0 aromatic rings. The number of hydrogen-bond acceptors (Lipinski definition) is 10. The molecule has 11 heteroatoms. The van der Waals surface area contributed by atoms with Gasteiger partial charge in [0.05, 0.1) is 25.4 Å². The molecule has 9 atom stereocenters. The fourth-order valence-electron chi connectivity index (χ4n) is 7.92. The lowest BCUT2D eigenvalue weighted by atomic mass is 9.98. The van der Waals surface area contributed by atoms with Gasteiger partial charge in [0, 0.05) is 0 Å². The highest BCUT2D eigenvalue weighted by molar-refractivity contribution is 5.80. The molecule has 364 valence electrons. The number of ether oxygens (including phenoxy) is 2. The lowest BCUT2D eigenvalue weighted by molar-refractivity contribution is -0.303. The van der Waals surface area contributed by atoms with Crippen molar-refractivity contribution in [3.8, 4) is 0 Å². The van der Waals surface area contributed by atoms with E-state index in [4.69, 9.17) is 9.47 Å². The van der Waals surface area contributed by atoms with Crippen LogP contribution in [0.2, 0.25) is 0 Å². The van der Waals surface area contributed by atoms with Crippen LogP contribution in [0.25, 0.3) is 0 Å². The third-order valence-electron chi connectivity index (χ3n) is 12.1. The van der Waals surface area contributed by atoms with Crippen LogP contribution >= 0.6 is 0 Å². The Morgan fingerprint density at radius 3 is 1.45 bits per heavy atom. The second-order valence-electron chi connectivity index (χ2n) is 17.9. The van der Waals surface area contributed by atoms with Crippen molar-refractivity contribution in [1.82, 2.24) is 5.32 Å². The van der Waals surface area contributed by atoms with Crippen molar-refractivity contribution < 1.29 is 50.0 Å². The summed E-state index contributed by atoms with van der Waals surface area (Å²) in [5.41, 5.74) is 0. The van der Waals surface area contributed by atoms with Gasteiger partial charge in [-0.05, 0) is 77.0 Å². The van der Waals surface area contributed by atoms with Crippen LogP contribution in [0.3, 0.4) is 0 Å². The second kappa shape index (κ2) is 40.8. The van der Waals surface area contributed by atoms with E-state index in [0.717, 1.165) is 64.2 Å². The van der Waals surface area contributed by atoms with Crippen LogP contribution in [0, 0.1) is 0 Å². The lowest BCUT2D eigenvalue weighted by Gasteiger charge is -2.40. The molecule has 1 heterocycles. The first-order valence-electron chi connectivity index (χ1n) is 25.4. The van der Waals surface area contributed by atoms with E-state index in [1.807, 2.05) is 0 Å². The average molecular weight is 882 g/mol. The molecular weight excluding hydrogens is 787 g/mol. The second-order valence-corrected chi connectivity index (χ2v) is 17.9. The first-order valence-corrected chi connectivity index (χ1v) is 25.4. The molecule has 1 rings (SSSR count). The Labute approximate surface area is 377 Å². The molecule has 0 radical (unpaired) electrons. The van der Waals surface area contributed by atoms with E-state index in [9.17, 15) is 40.5 Å². The number of hydrogen-bond donors (Lipinski definition) is 8. The summed E-state index contributed by atoms with van der Waals surface area (Å²) in [6.07, 6.45) is 36.2. The number of aliphatic hydroxyl groups is 7. The minimum absolute atomic E-state index is 0.243. The molecule has 1 saturated heterocycles. The van der Waals surface area contributed by atoms with Crippen molar-refractivity contribution in [3.63, 3.8) is 0 Å². The van der Waals surface area contributed by atoms with Gasteiger partial charge in [0.1, 0.15) is 36.6 Å². The first kappa shape index (κ1) is 58.3. The molecule has 1 fully saturated rings. The van der Waals surface area contributed by atoms with Crippen molar-refractivity contribution in [2.24, 2.45) is 0 Å². The van der Waals surface area contributed by atoms with Crippen molar-refractivity contribution >= 4 is 5.91 Å². The number of carbonyl (C=O) groups excluding carboxylic acids is 1. The highest BCUT2D eigenvalue weighted by atomic mass is 16.7. The van der Waals surface area contributed by atoms with Crippen molar-refractivity contribution in [3.05, 3.63) is 36.5 Å². The van der Waals surface area contributed by atoms with E-state index in [1.165, 1.54) is 103 Å². The van der Waals surface area contributed by atoms with Gasteiger partial charge in [-0.2, -0.15) is 0 Å². The highest BCUT2D eigenvalue weighted by Crippen LogP contribution is 2.23. The summed E-state index contributed by atoms with van der Waals surface area (Å²) in [7, 11) is 0. The van der Waals surface area contributed by atoms with Crippen LogP contribution < -0.4 is 5.32 Å². The standard InChI is InChI=1S/C51H95NO10/c1-3-5-7-9-11-13-15-17-19-20-21-22-23-24-25-27-28-30-32-34-36-38-43(54)46(56)42(41-61-51-49(59)48(58)47(57)45(40-53)62-51)52-50(60)44(55)39-37-35-33-31-29-26-18-16-14-12-10-8-6-4-2/h14,16,24-25,30,32,42-49,51,53-59H,3-13,15,17-23,26-29,31,33-41H2,1-2H3,(H,52,60)/b16-14-,25-24+,32-30+. The number of rotatable bonds is 42. The Hall–Kier alpha value is -1.67. The maximum atomic E-state index is 13.1. The fourth-order valence-corrected chi connectivity index (χ4v) is 7.92. The van der Waals surface area contributed by atoms with Gasteiger partial charge in [0.25, 0.3) is 0 Å². The minimum atomic E-state index is -1.67. The van der Waals surface area contributed by atoms with Crippen LogP contribution in [-0.4, -0.2) is 110 Å². The molecule has 0 spiro atoms. The zero-order valence-electron chi connectivity index (χ0n) is 39.4. The molecule has 1 aliphatic heterocycles. The van der Waals surface area contributed by atoms with Crippen LogP contribution in [-0.2, 0) is 14.3 Å². The predicted molar refractivity (Wildman–Crippen MR) is 252 cm³/mol. The Morgan fingerprint density at radius 2 is 0.968 bits per heavy atom. The topological polar surface area (TPSA) is 189 Å². The summed E-state index contributed by atoms with van der Waals surface area (Å²) in [6, 6.07) is -1.19. The van der Waals surface area contributed by atoms with Gasteiger partial charge in [-0.25, -0.2) is 0 Å². The summed E-state index contributed by atoms with van der Waals surface area (Å²) in [4.78, 5) is 13.1. The van der Waals surface area contributed by atoms with Crippen molar-refractivity contribution in [2.75, 3.05) is 13.2 Å². The molecule has 8 N–H and O–H groups in total. The van der Waals surface area contributed by atoms with Crippen molar-refractivity contribution in [2.45, 2.75) is 268 Å². The van der Waals surface area contributed by atoms with Crippen LogP contribution in [0.15, 0.2) is 36.5 Å².